The average molecular weight is 312 g/mol. The number of nitrogens with two attached hydrogens (primary N) is 1. The number of hydrogen-bond acceptors (Lipinski definition) is 5. The molecule has 0 saturated carbocycles. The third-order valence-electron chi connectivity index (χ3n) is 2.59. The van der Waals surface area contributed by atoms with Crippen LogP contribution in [0.25, 0.3) is 0 Å². The summed E-state index contributed by atoms with van der Waals surface area (Å²) in [6.07, 6.45) is 0. The van der Waals surface area contributed by atoms with Gasteiger partial charge in [-0.2, -0.15) is 0 Å². The van der Waals surface area contributed by atoms with Crippen molar-refractivity contribution in [3.05, 3.63) is 23.8 Å². The molecule has 21 heavy (non-hydrogen) atoms. The third-order valence-corrected chi connectivity index (χ3v) is 3.53. The molecule has 0 aliphatic heterocycles. The van der Waals surface area contributed by atoms with Gasteiger partial charge in [0.05, 0.1) is 12.2 Å². The molecule has 0 bridgehead atoms. The Morgan fingerprint density at radius 3 is 2.76 bits per heavy atom. The van der Waals surface area contributed by atoms with Crippen molar-refractivity contribution in [3.8, 4) is 5.75 Å². The van der Waals surface area contributed by atoms with E-state index in [0.29, 0.717) is 37.1 Å². The highest BCUT2D eigenvalue weighted by molar-refractivity contribution is 7.99. The van der Waals surface area contributed by atoms with Gasteiger partial charge in [0.2, 0.25) is 0 Å². The molecule has 118 valence electrons. The summed E-state index contributed by atoms with van der Waals surface area (Å²) in [7, 11) is 0. The molecule has 1 aromatic carbocycles. The van der Waals surface area contributed by atoms with Gasteiger partial charge in [-0.25, -0.2) is 0 Å². The zero-order valence-electron chi connectivity index (χ0n) is 12.8. The minimum absolute atomic E-state index is 0.0599. The van der Waals surface area contributed by atoms with Gasteiger partial charge in [0.1, 0.15) is 12.4 Å². The van der Waals surface area contributed by atoms with Gasteiger partial charge in [0, 0.05) is 11.5 Å². The van der Waals surface area contributed by atoms with Crippen LogP contribution in [0.4, 0.5) is 0 Å². The van der Waals surface area contributed by atoms with Crippen LogP contribution < -0.4 is 10.5 Å². The molecular formula is C15H24N2O3S. The molecule has 0 spiro atoms. The molecule has 1 aromatic rings. The predicted molar refractivity (Wildman–Crippen MR) is 86.5 cm³/mol. The van der Waals surface area contributed by atoms with Gasteiger partial charge in [0.15, 0.2) is 5.84 Å². The topological polar surface area (TPSA) is 77.1 Å². The first kappa shape index (κ1) is 17.7. The largest absolute Gasteiger partial charge is 0.490 e. The zero-order valence-corrected chi connectivity index (χ0v) is 13.7. The fourth-order valence-electron chi connectivity index (χ4n) is 1.74. The van der Waals surface area contributed by atoms with E-state index < -0.39 is 0 Å². The molecular weight excluding hydrogens is 288 g/mol. The van der Waals surface area contributed by atoms with E-state index in [9.17, 15) is 0 Å². The molecule has 0 fully saturated rings. The number of ether oxygens (including phenoxy) is 2. The van der Waals surface area contributed by atoms with E-state index in [-0.39, 0.29) is 5.84 Å². The number of benzene rings is 1. The Kier molecular flexibility index (Phi) is 8.00. The van der Waals surface area contributed by atoms with Crippen molar-refractivity contribution in [1.82, 2.24) is 0 Å². The van der Waals surface area contributed by atoms with Gasteiger partial charge >= 0.3 is 0 Å². The van der Waals surface area contributed by atoms with Crippen LogP contribution in [-0.2, 0) is 4.74 Å². The lowest BCUT2D eigenvalue weighted by Gasteiger charge is -2.14. The molecule has 0 aliphatic rings. The van der Waals surface area contributed by atoms with Crippen molar-refractivity contribution >= 4 is 17.6 Å². The van der Waals surface area contributed by atoms with E-state index in [2.05, 4.69) is 19.0 Å². The molecule has 3 N–H and O–H groups in total. The second-order valence-corrected chi connectivity index (χ2v) is 6.17. The van der Waals surface area contributed by atoms with Crippen molar-refractivity contribution < 1.29 is 14.7 Å². The number of rotatable bonds is 9. The maximum absolute atomic E-state index is 8.95. The van der Waals surface area contributed by atoms with Crippen LogP contribution in [0.2, 0.25) is 0 Å². The Labute approximate surface area is 130 Å². The van der Waals surface area contributed by atoms with Gasteiger partial charge in [-0.15, -0.1) is 11.8 Å². The van der Waals surface area contributed by atoms with Crippen LogP contribution in [0, 0.1) is 5.92 Å². The summed E-state index contributed by atoms with van der Waals surface area (Å²) in [5, 5.41) is 12.0. The lowest BCUT2D eigenvalue weighted by molar-refractivity contribution is 0.0818. The van der Waals surface area contributed by atoms with Gasteiger partial charge in [-0.3, -0.25) is 0 Å². The van der Waals surface area contributed by atoms with Crippen LogP contribution in [0.15, 0.2) is 28.3 Å². The normalized spacial score (nSPS) is 11.9. The molecule has 0 amide bonds. The van der Waals surface area contributed by atoms with Crippen molar-refractivity contribution in [2.45, 2.75) is 25.7 Å². The van der Waals surface area contributed by atoms with Gasteiger partial charge < -0.3 is 20.4 Å². The van der Waals surface area contributed by atoms with Gasteiger partial charge in [0.25, 0.3) is 0 Å². The number of thioether (sulfide) groups is 1. The first-order valence-corrected chi connectivity index (χ1v) is 8.02. The molecule has 0 atom stereocenters. The Morgan fingerprint density at radius 2 is 2.14 bits per heavy atom. The van der Waals surface area contributed by atoms with Crippen molar-refractivity contribution in [2.75, 3.05) is 25.6 Å². The Hall–Kier alpha value is -1.40. The minimum Gasteiger partial charge on any atom is -0.490 e. The number of hydrogen-bond donors (Lipinski definition) is 2. The lowest BCUT2D eigenvalue weighted by atomic mass is 10.2. The van der Waals surface area contributed by atoms with E-state index in [1.54, 1.807) is 11.8 Å². The highest BCUT2D eigenvalue weighted by Gasteiger charge is 2.14. The maximum Gasteiger partial charge on any atom is 0.174 e. The predicted octanol–water partition coefficient (Wildman–Crippen LogP) is 2.94. The molecule has 0 saturated heterocycles. The highest BCUT2D eigenvalue weighted by atomic mass is 32.2. The quantitative estimate of drug-likeness (QED) is 0.183. The van der Waals surface area contributed by atoms with Gasteiger partial charge in [-0.05, 0) is 23.8 Å². The molecule has 0 radical (unpaired) electrons. The first-order chi connectivity index (χ1) is 10.1. The Morgan fingerprint density at radius 1 is 1.38 bits per heavy atom. The summed E-state index contributed by atoms with van der Waals surface area (Å²) < 4.78 is 11.2. The van der Waals surface area contributed by atoms with E-state index in [1.165, 1.54) is 0 Å². The number of amidine groups is 1. The van der Waals surface area contributed by atoms with Crippen LogP contribution in [-0.4, -0.2) is 36.6 Å². The number of nitrogens with zero attached hydrogens (tertiary/aromatic N) is 1. The summed E-state index contributed by atoms with van der Waals surface area (Å²) in [6, 6.07) is 5.65. The van der Waals surface area contributed by atoms with E-state index in [0.717, 1.165) is 10.6 Å². The van der Waals surface area contributed by atoms with E-state index >= 15 is 0 Å². The van der Waals surface area contributed by atoms with Gasteiger partial charge in [-0.1, -0.05) is 32.0 Å². The summed E-state index contributed by atoms with van der Waals surface area (Å²) >= 11 is 1.62. The monoisotopic (exact) mass is 312 g/mol. The second-order valence-electron chi connectivity index (χ2n) is 4.86. The second kappa shape index (κ2) is 9.52. The minimum atomic E-state index is 0.0599. The average Bonchev–Trinajstić information content (AvgIpc) is 2.46. The summed E-state index contributed by atoms with van der Waals surface area (Å²) in [6.45, 7) is 7.90. The summed E-state index contributed by atoms with van der Waals surface area (Å²) in [4.78, 5) is 0.938. The lowest BCUT2D eigenvalue weighted by Crippen LogP contribution is -2.17. The fraction of sp³-hybridized carbons (Fsp3) is 0.533. The Balaban J connectivity index is 2.74. The van der Waals surface area contributed by atoms with Crippen LogP contribution >= 0.6 is 11.8 Å². The van der Waals surface area contributed by atoms with Crippen LogP contribution in [0.3, 0.4) is 0 Å². The third kappa shape index (κ3) is 5.85. The van der Waals surface area contributed by atoms with E-state index in [4.69, 9.17) is 20.4 Å². The van der Waals surface area contributed by atoms with Crippen LogP contribution in [0.1, 0.15) is 26.3 Å². The molecule has 1 rings (SSSR count). The maximum atomic E-state index is 8.95. The van der Waals surface area contributed by atoms with Crippen molar-refractivity contribution in [3.63, 3.8) is 0 Å². The molecule has 0 aromatic heterocycles. The zero-order chi connectivity index (χ0) is 15.7. The molecule has 0 unspecified atom stereocenters. The van der Waals surface area contributed by atoms with Crippen molar-refractivity contribution in [1.29, 1.82) is 0 Å². The summed E-state index contributed by atoms with van der Waals surface area (Å²) in [5.41, 5.74) is 6.41. The highest BCUT2D eigenvalue weighted by Crippen LogP contribution is 2.30. The molecule has 0 heterocycles. The molecule has 5 nitrogen and oxygen atoms in total. The molecule has 6 heteroatoms. The molecule has 0 aliphatic carbocycles. The van der Waals surface area contributed by atoms with E-state index in [1.807, 2.05) is 25.1 Å². The SMILES string of the molecule is CCSc1cccc(OCCOCC(C)C)c1/C(N)=N/O. The Bertz CT molecular complexity index is 464. The smallest absolute Gasteiger partial charge is 0.174 e. The number of oxime groups is 1. The summed E-state index contributed by atoms with van der Waals surface area (Å²) in [5.74, 6) is 2.07. The first-order valence-electron chi connectivity index (χ1n) is 7.04. The standard InChI is InChI=1S/C15H24N2O3S/c1-4-21-13-7-5-6-12(14(13)15(16)17-18)20-9-8-19-10-11(2)3/h5-7,11,18H,4,8-10H2,1-3H3,(H2,16,17). The van der Waals surface area contributed by atoms with Crippen molar-refractivity contribution in [2.24, 2.45) is 16.8 Å². The van der Waals surface area contributed by atoms with Crippen LogP contribution in [0.5, 0.6) is 5.75 Å². The fourth-order valence-corrected chi connectivity index (χ4v) is 2.57.